The first-order valence-corrected chi connectivity index (χ1v) is 8.58. The summed E-state index contributed by atoms with van der Waals surface area (Å²) >= 11 is 0. The second-order valence-corrected chi connectivity index (χ2v) is 6.71. The molecule has 1 atom stereocenters. The molecule has 24 heavy (non-hydrogen) atoms. The molecule has 130 valence electrons. The minimum atomic E-state index is -0.533. The second-order valence-electron chi connectivity index (χ2n) is 6.71. The van der Waals surface area contributed by atoms with Crippen molar-refractivity contribution >= 4 is 23.2 Å². The lowest BCUT2D eigenvalue weighted by Gasteiger charge is -2.33. The van der Waals surface area contributed by atoms with Crippen LogP contribution in [0, 0.1) is 0 Å². The maximum Gasteiger partial charge on any atom is 0.244 e. The Balaban J connectivity index is 1.77. The van der Waals surface area contributed by atoms with E-state index in [1.54, 1.807) is 18.1 Å². The highest BCUT2D eigenvalue weighted by molar-refractivity contribution is 6.00. The quantitative estimate of drug-likeness (QED) is 0.888. The Labute approximate surface area is 142 Å². The third kappa shape index (κ3) is 3.24. The molecule has 2 heterocycles. The van der Waals surface area contributed by atoms with Gasteiger partial charge in [0.25, 0.3) is 0 Å². The van der Waals surface area contributed by atoms with Gasteiger partial charge in [0.05, 0.1) is 18.3 Å². The molecule has 2 N–H and O–H groups in total. The zero-order valence-electron chi connectivity index (χ0n) is 14.4. The third-order valence-electron chi connectivity index (χ3n) is 4.92. The first-order chi connectivity index (χ1) is 11.5. The molecule has 0 spiro atoms. The van der Waals surface area contributed by atoms with E-state index in [-0.39, 0.29) is 11.8 Å². The summed E-state index contributed by atoms with van der Waals surface area (Å²) in [6, 6.07) is 5.45. The molecule has 2 aliphatic rings. The summed E-state index contributed by atoms with van der Waals surface area (Å²) in [5.74, 6) is 0.683. The summed E-state index contributed by atoms with van der Waals surface area (Å²) in [5, 5.41) is 6.28. The van der Waals surface area contributed by atoms with Crippen molar-refractivity contribution in [2.45, 2.75) is 44.6 Å². The van der Waals surface area contributed by atoms with Gasteiger partial charge in [0.15, 0.2) is 0 Å². The maximum atomic E-state index is 12.6. The van der Waals surface area contributed by atoms with Crippen molar-refractivity contribution in [1.82, 2.24) is 5.32 Å². The molecule has 3 rings (SSSR count). The number of carbonyl (C=O) groups excluding carboxylic acids is 2. The molecule has 2 fully saturated rings. The van der Waals surface area contributed by atoms with Gasteiger partial charge >= 0.3 is 0 Å². The third-order valence-corrected chi connectivity index (χ3v) is 4.92. The number of ether oxygens (including phenoxy) is 1. The van der Waals surface area contributed by atoms with Crippen LogP contribution in [0.25, 0.3) is 0 Å². The van der Waals surface area contributed by atoms with E-state index in [0.29, 0.717) is 24.4 Å². The fraction of sp³-hybridized carbons (Fsp3) is 0.556. The molecule has 0 saturated carbocycles. The van der Waals surface area contributed by atoms with Crippen molar-refractivity contribution < 1.29 is 14.3 Å². The lowest BCUT2D eigenvalue weighted by molar-refractivity contribution is -0.122. The van der Waals surface area contributed by atoms with Crippen LogP contribution in [0.1, 0.15) is 39.0 Å². The standard InChI is InChI=1S/C18H25N3O3/c1-18(9-3-4-10-19-18)17(23)20-13-7-8-14(15(12-13)24-2)21-11-5-6-16(21)22/h7-8,12,19H,3-6,9-11H2,1-2H3,(H,20,23). The predicted molar refractivity (Wildman–Crippen MR) is 93.5 cm³/mol. The molecule has 0 radical (unpaired) electrons. The zero-order valence-corrected chi connectivity index (χ0v) is 14.4. The first kappa shape index (κ1) is 16.8. The van der Waals surface area contributed by atoms with Crippen molar-refractivity contribution in [3.63, 3.8) is 0 Å². The molecule has 6 nitrogen and oxygen atoms in total. The minimum Gasteiger partial charge on any atom is -0.494 e. The Kier molecular flexibility index (Phi) is 4.76. The molecular formula is C18H25N3O3. The number of rotatable bonds is 4. The molecule has 2 saturated heterocycles. The Morgan fingerprint density at radius 2 is 2.17 bits per heavy atom. The average molecular weight is 331 g/mol. The molecule has 0 aliphatic carbocycles. The molecule has 0 aromatic heterocycles. The van der Waals surface area contributed by atoms with Crippen LogP contribution in [0.3, 0.4) is 0 Å². The predicted octanol–water partition coefficient (Wildman–Crippen LogP) is 2.29. The van der Waals surface area contributed by atoms with Crippen LogP contribution in [-0.4, -0.2) is 37.6 Å². The second kappa shape index (κ2) is 6.81. The fourth-order valence-electron chi connectivity index (χ4n) is 3.40. The van der Waals surface area contributed by atoms with Gasteiger partial charge in [-0.05, 0) is 51.3 Å². The van der Waals surface area contributed by atoms with Crippen molar-refractivity contribution in [2.24, 2.45) is 0 Å². The van der Waals surface area contributed by atoms with E-state index in [9.17, 15) is 9.59 Å². The Morgan fingerprint density at radius 3 is 2.79 bits per heavy atom. The molecule has 2 amide bonds. The number of nitrogens with one attached hydrogen (secondary N) is 2. The van der Waals surface area contributed by atoms with Crippen LogP contribution in [0.15, 0.2) is 18.2 Å². The summed E-state index contributed by atoms with van der Waals surface area (Å²) in [6.45, 7) is 3.52. The largest absolute Gasteiger partial charge is 0.494 e. The molecule has 2 aliphatic heterocycles. The van der Waals surface area contributed by atoms with Crippen molar-refractivity contribution in [3.05, 3.63) is 18.2 Å². The van der Waals surface area contributed by atoms with Crippen LogP contribution >= 0.6 is 0 Å². The Bertz CT molecular complexity index is 638. The number of hydrogen-bond donors (Lipinski definition) is 2. The monoisotopic (exact) mass is 331 g/mol. The molecule has 6 heteroatoms. The van der Waals surface area contributed by atoms with E-state index in [0.717, 1.165) is 37.9 Å². The Morgan fingerprint density at radius 1 is 1.33 bits per heavy atom. The lowest BCUT2D eigenvalue weighted by atomic mass is 9.90. The smallest absolute Gasteiger partial charge is 0.244 e. The number of anilines is 2. The summed E-state index contributed by atoms with van der Waals surface area (Å²) in [7, 11) is 1.58. The van der Waals surface area contributed by atoms with E-state index in [1.165, 1.54) is 0 Å². The van der Waals surface area contributed by atoms with Crippen molar-refractivity contribution in [2.75, 3.05) is 30.4 Å². The first-order valence-electron chi connectivity index (χ1n) is 8.58. The molecule has 1 aromatic carbocycles. The van der Waals surface area contributed by atoms with Crippen LogP contribution in [0.5, 0.6) is 5.75 Å². The van der Waals surface area contributed by atoms with Crippen molar-refractivity contribution in [3.8, 4) is 5.75 Å². The van der Waals surface area contributed by atoms with Crippen LogP contribution in [0.2, 0.25) is 0 Å². The Hall–Kier alpha value is -2.08. The number of benzene rings is 1. The van der Waals surface area contributed by atoms with Gasteiger partial charge in [0, 0.05) is 24.7 Å². The number of methoxy groups -OCH3 is 1. The maximum absolute atomic E-state index is 12.6. The summed E-state index contributed by atoms with van der Waals surface area (Å²) in [4.78, 5) is 26.3. The van der Waals surface area contributed by atoms with Gasteiger partial charge in [0.2, 0.25) is 11.8 Å². The minimum absolute atomic E-state index is 0.0331. The molecule has 1 aromatic rings. The van der Waals surface area contributed by atoms with Gasteiger partial charge in [-0.1, -0.05) is 0 Å². The highest BCUT2D eigenvalue weighted by Crippen LogP contribution is 2.34. The van der Waals surface area contributed by atoms with Crippen LogP contribution < -0.4 is 20.3 Å². The number of piperidine rings is 1. The van der Waals surface area contributed by atoms with Gasteiger partial charge in [0.1, 0.15) is 5.75 Å². The van der Waals surface area contributed by atoms with E-state index < -0.39 is 5.54 Å². The van der Waals surface area contributed by atoms with Crippen LogP contribution in [-0.2, 0) is 9.59 Å². The van der Waals surface area contributed by atoms with Gasteiger partial charge in [-0.3, -0.25) is 9.59 Å². The van der Waals surface area contributed by atoms with E-state index in [2.05, 4.69) is 10.6 Å². The molecular weight excluding hydrogens is 306 g/mol. The van der Waals surface area contributed by atoms with Gasteiger partial charge in [-0.25, -0.2) is 0 Å². The number of carbonyl (C=O) groups is 2. The van der Waals surface area contributed by atoms with E-state index in [1.807, 2.05) is 19.1 Å². The van der Waals surface area contributed by atoms with Gasteiger partial charge in [-0.15, -0.1) is 0 Å². The van der Waals surface area contributed by atoms with E-state index in [4.69, 9.17) is 4.74 Å². The average Bonchev–Trinajstić information content (AvgIpc) is 3.01. The fourth-order valence-corrected chi connectivity index (χ4v) is 3.40. The van der Waals surface area contributed by atoms with Crippen molar-refractivity contribution in [1.29, 1.82) is 0 Å². The van der Waals surface area contributed by atoms with E-state index >= 15 is 0 Å². The lowest BCUT2D eigenvalue weighted by Crippen LogP contribution is -2.54. The summed E-state index contributed by atoms with van der Waals surface area (Å²) in [5.41, 5.74) is 0.913. The van der Waals surface area contributed by atoms with Gasteiger partial charge < -0.3 is 20.3 Å². The molecule has 1 unspecified atom stereocenters. The van der Waals surface area contributed by atoms with Crippen LogP contribution in [0.4, 0.5) is 11.4 Å². The normalized spacial score (nSPS) is 24.1. The SMILES string of the molecule is COc1cc(NC(=O)C2(C)CCCCN2)ccc1N1CCCC1=O. The highest BCUT2D eigenvalue weighted by Gasteiger charge is 2.34. The van der Waals surface area contributed by atoms with Gasteiger partial charge in [-0.2, -0.15) is 0 Å². The molecule has 0 bridgehead atoms. The summed E-state index contributed by atoms with van der Waals surface area (Å²) < 4.78 is 5.44. The number of nitrogens with zero attached hydrogens (tertiary/aromatic N) is 1. The number of hydrogen-bond acceptors (Lipinski definition) is 4. The topological polar surface area (TPSA) is 70.7 Å². The summed E-state index contributed by atoms with van der Waals surface area (Å²) in [6.07, 6.45) is 4.43. The number of amides is 2. The zero-order chi connectivity index (χ0) is 17.2. The highest BCUT2D eigenvalue weighted by atomic mass is 16.5.